The first-order valence-electron chi connectivity index (χ1n) is 15.6. The molecule has 4 bridgehead atoms. The van der Waals surface area contributed by atoms with Crippen LogP contribution in [0, 0.1) is 45.8 Å². The van der Waals surface area contributed by atoms with Crippen LogP contribution in [0.5, 0.6) is 0 Å². The predicted molar refractivity (Wildman–Crippen MR) is 149 cm³/mol. The third-order valence-electron chi connectivity index (χ3n) is 11.6. The molecular weight excluding hydrogens is 528 g/mol. The molecule has 0 aromatic carbocycles. The van der Waals surface area contributed by atoms with Crippen LogP contribution in [0.1, 0.15) is 79.6 Å². The molecule has 41 heavy (non-hydrogen) atoms. The number of aliphatic hydroxyl groups is 1. The monoisotopic (exact) mass is 576 g/mol. The Morgan fingerprint density at radius 1 is 1.20 bits per heavy atom. The lowest BCUT2D eigenvalue weighted by Crippen LogP contribution is -2.60. The zero-order chi connectivity index (χ0) is 29.9. The second kappa shape index (κ2) is 11.0. The molecule has 0 radical (unpaired) electrons. The highest BCUT2D eigenvalue weighted by molar-refractivity contribution is 5.91. The number of aliphatic carboxylic acids is 1. The average Bonchev–Trinajstić information content (AvgIpc) is 3.59. The summed E-state index contributed by atoms with van der Waals surface area (Å²) < 4.78 is 24.0. The second-order valence-electron chi connectivity index (χ2n) is 13.7. The van der Waals surface area contributed by atoms with E-state index in [9.17, 15) is 24.6 Å². The normalized spacial score (nSPS) is 46.0. The van der Waals surface area contributed by atoms with E-state index in [1.807, 2.05) is 13.8 Å². The van der Waals surface area contributed by atoms with Crippen LogP contribution in [-0.4, -0.2) is 72.9 Å². The van der Waals surface area contributed by atoms with Crippen molar-refractivity contribution in [3.63, 3.8) is 0 Å². The van der Waals surface area contributed by atoms with E-state index in [0.717, 1.165) is 37.5 Å². The molecule has 0 aromatic rings. The van der Waals surface area contributed by atoms with Gasteiger partial charge < -0.3 is 34.0 Å². The lowest BCUT2D eigenvalue weighted by molar-refractivity contribution is -0.308. The molecule has 4 aliphatic carbocycles. The molecule has 1 saturated heterocycles. The summed E-state index contributed by atoms with van der Waals surface area (Å²) in [5.41, 5.74) is -2.37. The summed E-state index contributed by atoms with van der Waals surface area (Å²) >= 11 is 0. The molecule has 2 N–H and O–H groups in total. The standard InChI is InChI=1S/C32H48O9/c1-7-8-9-10-23(34)41-27-25(35)26(38-6)19(5)40-28(27)39-16-31-20-13-22(17(2)3)32(31,29(36)37)30(14-20,15-33)21-12-11-18(4)24(21)31/h13,15,17-21,24-28,35H,7-12,14,16H2,1-6H3,(H,36,37)/t18-,19-,20?,21-,24-,25-,26-,27+,28-,30?,31?,32?/m1/s1. The van der Waals surface area contributed by atoms with E-state index in [0.29, 0.717) is 12.8 Å². The van der Waals surface area contributed by atoms with E-state index < -0.39 is 58.9 Å². The number of rotatable bonds is 12. The number of methoxy groups -OCH3 is 1. The Morgan fingerprint density at radius 3 is 2.54 bits per heavy atom. The Bertz CT molecular complexity index is 1070. The summed E-state index contributed by atoms with van der Waals surface area (Å²) in [6.07, 6.45) is 3.41. The van der Waals surface area contributed by atoms with Gasteiger partial charge in [-0.25, -0.2) is 0 Å². The first-order valence-corrected chi connectivity index (χ1v) is 15.6. The molecule has 230 valence electrons. The van der Waals surface area contributed by atoms with Crippen molar-refractivity contribution < 1.29 is 43.5 Å². The maximum absolute atomic E-state index is 13.6. The molecule has 0 amide bonds. The molecule has 0 aromatic heterocycles. The van der Waals surface area contributed by atoms with Crippen molar-refractivity contribution in [3.05, 3.63) is 11.6 Å². The highest BCUT2D eigenvalue weighted by atomic mass is 16.7. The van der Waals surface area contributed by atoms with Crippen LogP contribution >= 0.6 is 0 Å². The molecule has 9 heteroatoms. The largest absolute Gasteiger partial charge is 0.481 e. The minimum atomic E-state index is -1.37. The van der Waals surface area contributed by atoms with Crippen molar-refractivity contribution in [2.24, 2.45) is 45.8 Å². The van der Waals surface area contributed by atoms with E-state index >= 15 is 0 Å². The van der Waals surface area contributed by atoms with Gasteiger partial charge in [-0.05, 0) is 55.8 Å². The van der Waals surface area contributed by atoms with Gasteiger partial charge in [0.1, 0.15) is 23.9 Å². The highest BCUT2D eigenvalue weighted by Crippen LogP contribution is 2.87. The van der Waals surface area contributed by atoms with Crippen LogP contribution in [0.3, 0.4) is 0 Å². The van der Waals surface area contributed by atoms with E-state index in [1.165, 1.54) is 7.11 Å². The van der Waals surface area contributed by atoms with Crippen molar-refractivity contribution in [2.45, 2.75) is 110 Å². The van der Waals surface area contributed by atoms with Gasteiger partial charge in [-0.2, -0.15) is 0 Å². The van der Waals surface area contributed by atoms with Crippen LogP contribution in [0.15, 0.2) is 11.6 Å². The number of esters is 1. The number of carboxylic acid groups (broad SMARTS) is 1. The molecule has 4 fully saturated rings. The molecule has 12 atom stereocenters. The summed E-state index contributed by atoms with van der Waals surface area (Å²) in [6, 6.07) is 0. The van der Waals surface area contributed by atoms with Crippen molar-refractivity contribution in [1.29, 1.82) is 0 Å². The van der Waals surface area contributed by atoms with Crippen molar-refractivity contribution in [3.8, 4) is 0 Å². The number of unbranched alkanes of at least 4 members (excludes halogenated alkanes) is 2. The number of allylic oxidation sites excluding steroid dienone is 1. The fourth-order valence-electron chi connectivity index (χ4n) is 10.3. The van der Waals surface area contributed by atoms with Crippen molar-refractivity contribution in [1.82, 2.24) is 0 Å². The number of aliphatic hydroxyl groups excluding tert-OH is 1. The number of carboxylic acids is 1. The second-order valence-corrected chi connectivity index (χ2v) is 13.7. The molecule has 5 rings (SSSR count). The number of hydrogen-bond acceptors (Lipinski definition) is 8. The van der Waals surface area contributed by atoms with Gasteiger partial charge in [-0.1, -0.05) is 58.6 Å². The number of fused-ring (bicyclic) bond motifs is 2. The van der Waals surface area contributed by atoms with Gasteiger partial charge in [0.15, 0.2) is 12.4 Å². The highest BCUT2D eigenvalue weighted by Gasteiger charge is 2.89. The fraction of sp³-hybridized carbons (Fsp3) is 0.844. The van der Waals surface area contributed by atoms with Crippen LogP contribution in [0.2, 0.25) is 0 Å². The molecule has 1 aliphatic heterocycles. The van der Waals surface area contributed by atoms with Gasteiger partial charge in [0, 0.05) is 18.9 Å². The number of aldehydes is 1. The van der Waals surface area contributed by atoms with Gasteiger partial charge in [0.25, 0.3) is 0 Å². The number of ether oxygens (including phenoxy) is 4. The molecule has 5 aliphatic rings. The number of hydrogen-bond donors (Lipinski definition) is 2. The van der Waals surface area contributed by atoms with Crippen molar-refractivity contribution >= 4 is 18.2 Å². The van der Waals surface area contributed by atoms with Crippen LogP contribution in [0.4, 0.5) is 0 Å². The first-order chi connectivity index (χ1) is 19.5. The zero-order valence-electron chi connectivity index (χ0n) is 25.3. The van der Waals surface area contributed by atoms with Gasteiger partial charge >= 0.3 is 11.9 Å². The van der Waals surface area contributed by atoms with Crippen LogP contribution in [-0.2, 0) is 33.3 Å². The predicted octanol–water partition coefficient (Wildman–Crippen LogP) is 4.15. The lowest BCUT2D eigenvalue weighted by atomic mass is 9.55. The minimum absolute atomic E-state index is 0.0113. The molecule has 4 unspecified atom stereocenters. The van der Waals surface area contributed by atoms with Gasteiger partial charge in [0.2, 0.25) is 0 Å². The fourth-order valence-corrected chi connectivity index (χ4v) is 10.3. The number of carbonyl (C=O) groups is 3. The third kappa shape index (κ3) is 3.97. The zero-order valence-corrected chi connectivity index (χ0v) is 25.3. The summed E-state index contributed by atoms with van der Waals surface area (Å²) in [5, 5.41) is 22.4. The van der Waals surface area contributed by atoms with E-state index in [2.05, 4.69) is 19.9 Å². The number of carbonyl (C=O) groups excluding carboxylic acids is 2. The summed E-state index contributed by atoms with van der Waals surface area (Å²) in [6.45, 7) is 10.0. The maximum Gasteiger partial charge on any atom is 0.315 e. The van der Waals surface area contributed by atoms with Crippen LogP contribution < -0.4 is 0 Å². The topological polar surface area (TPSA) is 129 Å². The molecule has 3 saturated carbocycles. The Morgan fingerprint density at radius 2 is 1.93 bits per heavy atom. The molecule has 9 nitrogen and oxygen atoms in total. The van der Waals surface area contributed by atoms with E-state index in [4.69, 9.17) is 18.9 Å². The molecule has 1 heterocycles. The Balaban J connectivity index is 1.51. The maximum atomic E-state index is 13.6. The Hall–Kier alpha value is -1.81. The van der Waals surface area contributed by atoms with E-state index in [1.54, 1.807) is 6.92 Å². The van der Waals surface area contributed by atoms with Gasteiger partial charge in [-0.3, -0.25) is 9.59 Å². The lowest BCUT2D eigenvalue weighted by Gasteiger charge is -2.48. The summed E-state index contributed by atoms with van der Waals surface area (Å²) in [7, 11) is 1.47. The summed E-state index contributed by atoms with van der Waals surface area (Å²) in [5.74, 6) is -1.39. The molecule has 0 spiro atoms. The first kappa shape index (κ1) is 30.6. The summed E-state index contributed by atoms with van der Waals surface area (Å²) in [4.78, 5) is 39.5. The van der Waals surface area contributed by atoms with Crippen LogP contribution in [0.25, 0.3) is 0 Å². The van der Waals surface area contributed by atoms with E-state index in [-0.39, 0.29) is 42.6 Å². The third-order valence-corrected chi connectivity index (χ3v) is 11.6. The SMILES string of the molecule is CCCCCC(=O)O[C@@H]1[C@H](OCC23C4C=C(C(C)C)C2(C(=O)O)C(C=O)(C4)[C@@H]2CC[C@@H](C)[C@H]23)O[C@H](C)[C@@H](OC)[C@H]1O. The average molecular weight is 577 g/mol. The smallest absolute Gasteiger partial charge is 0.315 e. The van der Waals surface area contributed by atoms with Gasteiger partial charge in [-0.15, -0.1) is 0 Å². The Labute approximate surface area is 243 Å². The minimum Gasteiger partial charge on any atom is -0.481 e. The quantitative estimate of drug-likeness (QED) is 0.152. The van der Waals surface area contributed by atoms with Gasteiger partial charge in [0.05, 0.1) is 18.1 Å². The Kier molecular flexibility index (Phi) is 8.25. The van der Waals surface area contributed by atoms with Crippen molar-refractivity contribution in [2.75, 3.05) is 13.7 Å². The molecular formula is C32H48O9.